The van der Waals surface area contributed by atoms with E-state index >= 15 is 0 Å². The van der Waals surface area contributed by atoms with Crippen LogP contribution in [0.1, 0.15) is 18.2 Å². The normalized spacial score (nSPS) is 11.6. The molecular weight excluding hydrogens is 240 g/mol. The van der Waals surface area contributed by atoms with Crippen molar-refractivity contribution in [3.8, 4) is 0 Å². The van der Waals surface area contributed by atoms with Gasteiger partial charge in [-0.15, -0.1) is 0 Å². The van der Waals surface area contributed by atoms with E-state index in [1.165, 1.54) is 6.04 Å². The van der Waals surface area contributed by atoms with Crippen LogP contribution >= 0.6 is 0 Å². The van der Waals surface area contributed by atoms with Gasteiger partial charge in [-0.25, -0.2) is 9.97 Å². The Balaban J connectivity index is 2.38. The van der Waals surface area contributed by atoms with E-state index in [0.717, 1.165) is 36.5 Å². The van der Waals surface area contributed by atoms with Crippen LogP contribution in [-0.4, -0.2) is 31.3 Å². The number of hydrogen-bond acceptors (Lipinski definition) is 3. The number of allylic oxidation sites excluding steroid dienone is 1. The molecular formula is C14H24N2OSi. The number of aromatic nitrogens is 2. The highest BCUT2D eigenvalue weighted by atomic mass is 28.3. The van der Waals surface area contributed by atoms with Gasteiger partial charge in [0, 0.05) is 20.9 Å². The first-order chi connectivity index (χ1) is 8.40. The SMILES string of the molecule is C=C(C)c1ncncc1CCOCC[Si](C)(C)C. The van der Waals surface area contributed by atoms with Crippen LogP contribution in [0.5, 0.6) is 0 Å². The molecule has 0 aliphatic carbocycles. The largest absolute Gasteiger partial charge is 0.381 e. The molecule has 0 unspecified atom stereocenters. The zero-order chi connectivity index (χ0) is 13.6. The Labute approximate surface area is 111 Å². The van der Waals surface area contributed by atoms with Crippen LogP contribution in [0.2, 0.25) is 25.7 Å². The molecule has 0 saturated heterocycles. The van der Waals surface area contributed by atoms with Crippen molar-refractivity contribution in [1.29, 1.82) is 0 Å². The molecule has 100 valence electrons. The third kappa shape index (κ3) is 5.56. The van der Waals surface area contributed by atoms with Crippen LogP contribution in [0.3, 0.4) is 0 Å². The highest BCUT2D eigenvalue weighted by Crippen LogP contribution is 2.14. The quantitative estimate of drug-likeness (QED) is 0.559. The minimum Gasteiger partial charge on any atom is -0.381 e. The Morgan fingerprint density at radius 3 is 2.67 bits per heavy atom. The molecule has 18 heavy (non-hydrogen) atoms. The van der Waals surface area contributed by atoms with Crippen molar-refractivity contribution in [2.24, 2.45) is 0 Å². The van der Waals surface area contributed by atoms with Gasteiger partial charge >= 0.3 is 0 Å². The van der Waals surface area contributed by atoms with Crippen LogP contribution in [0.15, 0.2) is 19.1 Å². The second-order valence-electron chi connectivity index (χ2n) is 5.85. The Morgan fingerprint density at radius 1 is 1.33 bits per heavy atom. The summed E-state index contributed by atoms with van der Waals surface area (Å²) >= 11 is 0. The van der Waals surface area contributed by atoms with Gasteiger partial charge in [-0.1, -0.05) is 26.2 Å². The molecule has 0 spiro atoms. The van der Waals surface area contributed by atoms with Crippen LogP contribution < -0.4 is 0 Å². The van der Waals surface area contributed by atoms with Gasteiger partial charge in [0.05, 0.1) is 12.3 Å². The summed E-state index contributed by atoms with van der Waals surface area (Å²) in [4.78, 5) is 8.32. The Bertz CT molecular complexity index is 399. The first-order valence-corrected chi connectivity index (χ1v) is 10.1. The van der Waals surface area contributed by atoms with Crippen LogP contribution in [-0.2, 0) is 11.2 Å². The van der Waals surface area contributed by atoms with Gasteiger partial charge in [0.15, 0.2) is 0 Å². The van der Waals surface area contributed by atoms with Crippen molar-refractivity contribution >= 4 is 13.6 Å². The third-order valence-electron chi connectivity index (χ3n) is 2.70. The lowest BCUT2D eigenvalue weighted by Gasteiger charge is -2.15. The molecule has 3 nitrogen and oxygen atoms in total. The van der Waals surface area contributed by atoms with E-state index in [4.69, 9.17) is 4.74 Å². The Hall–Kier alpha value is -1.00. The molecule has 0 aromatic carbocycles. The zero-order valence-corrected chi connectivity index (χ0v) is 13.0. The predicted octanol–water partition coefficient (Wildman–Crippen LogP) is 3.41. The first kappa shape index (κ1) is 15.1. The van der Waals surface area contributed by atoms with E-state index in [-0.39, 0.29) is 0 Å². The van der Waals surface area contributed by atoms with Gasteiger partial charge in [0.2, 0.25) is 0 Å². The maximum atomic E-state index is 5.70. The lowest BCUT2D eigenvalue weighted by atomic mass is 10.1. The van der Waals surface area contributed by atoms with Crippen LogP contribution in [0.4, 0.5) is 0 Å². The summed E-state index contributed by atoms with van der Waals surface area (Å²) in [5.74, 6) is 0. The predicted molar refractivity (Wildman–Crippen MR) is 79.4 cm³/mol. The molecule has 0 bridgehead atoms. The summed E-state index contributed by atoms with van der Waals surface area (Å²) in [6.45, 7) is 14.6. The smallest absolute Gasteiger partial charge is 0.116 e. The highest BCUT2D eigenvalue weighted by molar-refractivity contribution is 6.76. The molecule has 0 saturated carbocycles. The van der Waals surface area contributed by atoms with E-state index in [0.29, 0.717) is 0 Å². The summed E-state index contributed by atoms with van der Waals surface area (Å²) in [6, 6.07) is 1.21. The lowest BCUT2D eigenvalue weighted by molar-refractivity contribution is 0.150. The highest BCUT2D eigenvalue weighted by Gasteiger charge is 2.12. The molecule has 0 N–H and O–H groups in total. The van der Waals surface area contributed by atoms with Gasteiger partial charge in [-0.2, -0.15) is 0 Å². The summed E-state index contributed by atoms with van der Waals surface area (Å²) in [6.07, 6.45) is 4.28. The van der Waals surface area contributed by atoms with Crippen LogP contribution in [0, 0.1) is 0 Å². The fourth-order valence-corrected chi connectivity index (χ4v) is 2.34. The van der Waals surface area contributed by atoms with E-state index in [1.807, 2.05) is 13.1 Å². The molecule has 1 aromatic heterocycles. The van der Waals surface area contributed by atoms with E-state index in [1.54, 1.807) is 6.33 Å². The van der Waals surface area contributed by atoms with Gasteiger partial charge in [-0.05, 0) is 30.5 Å². The second kappa shape index (κ2) is 6.80. The van der Waals surface area contributed by atoms with Crippen molar-refractivity contribution in [2.45, 2.75) is 39.0 Å². The standard InChI is InChI=1S/C14H24N2OSi/c1-12(2)14-13(10-15-11-16-14)6-7-17-8-9-18(3,4)5/h10-11H,1,6-9H2,2-5H3. The van der Waals surface area contributed by atoms with E-state index < -0.39 is 8.07 Å². The molecule has 0 amide bonds. The molecule has 1 aromatic rings. The van der Waals surface area contributed by atoms with Crippen molar-refractivity contribution in [1.82, 2.24) is 9.97 Å². The molecule has 0 fully saturated rings. The summed E-state index contributed by atoms with van der Waals surface area (Å²) in [5.41, 5.74) is 3.06. The minimum absolute atomic E-state index is 0.734. The number of rotatable bonds is 7. The second-order valence-corrected chi connectivity index (χ2v) is 11.5. The van der Waals surface area contributed by atoms with Crippen molar-refractivity contribution in [2.75, 3.05) is 13.2 Å². The van der Waals surface area contributed by atoms with Gasteiger partial charge < -0.3 is 4.74 Å². The van der Waals surface area contributed by atoms with Gasteiger partial charge in [0.1, 0.15) is 6.33 Å². The average molecular weight is 264 g/mol. The average Bonchev–Trinajstić information content (AvgIpc) is 2.27. The maximum Gasteiger partial charge on any atom is 0.116 e. The topological polar surface area (TPSA) is 35.0 Å². The van der Waals surface area contributed by atoms with E-state index in [2.05, 4.69) is 36.2 Å². The molecule has 1 heterocycles. The number of hydrogen-bond donors (Lipinski definition) is 0. The van der Waals surface area contributed by atoms with Gasteiger partial charge in [-0.3, -0.25) is 0 Å². The maximum absolute atomic E-state index is 5.70. The fourth-order valence-electron chi connectivity index (χ4n) is 1.59. The van der Waals surface area contributed by atoms with Crippen molar-refractivity contribution < 1.29 is 4.74 Å². The zero-order valence-electron chi connectivity index (χ0n) is 12.0. The summed E-state index contributed by atoms with van der Waals surface area (Å²) in [5, 5.41) is 0. The number of nitrogens with zero attached hydrogens (tertiary/aromatic N) is 2. The Morgan fingerprint density at radius 2 is 2.06 bits per heavy atom. The van der Waals surface area contributed by atoms with E-state index in [9.17, 15) is 0 Å². The molecule has 0 atom stereocenters. The third-order valence-corrected chi connectivity index (χ3v) is 4.41. The van der Waals surface area contributed by atoms with Crippen LogP contribution in [0.25, 0.3) is 5.57 Å². The fraction of sp³-hybridized carbons (Fsp3) is 0.571. The minimum atomic E-state index is -0.979. The molecule has 0 aliphatic rings. The first-order valence-electron chi connectivity index (χ1n) is 6.42. The molecule has 4 heteroatoms. The van der Waals surface area contributed by atoms with Gasteiger partial charge in [0.25, 0.3) is 0 Å². The van der Waals surface area contributed by atoms with Crippen molar-refractivity contribution in [3.05, 3.63) is 30.4 Å². The molecule has 1 rings (SSSR count). The Kier molecular flexibility index (Phi) is 5.69. The van der Waals surface area contributed by atoms with Crippen molar-refractivity contribution in [3.63, 3.8) is 0 Å². The summed E-state index contributed by atoms with van der Waals surface area (Å²) in [7, 11) is -0.979. The lowest BCUT2D eigenvalue weighted by Crippen LogP contribution is -2.22. The molecule has 0 aliphatic heterocycles. The molecule has 0 radical (unpaired) electrons. The summed E-state index contributed by atoms with van der Waals surface area (Å²) < 4.78 is 5.70. The monoisotopic (exact) mass is 264 g/mol. The number of ether oxygens (including phenoxy) is 1.